The Hall–Kier alpha value is -1.12. The molecule has 0 atom stereocenters. The van der Waals surface area contributed by atoms with Crippen molar-refractivity contribution in [1.82, 2.24) is 15.1 Å². The summed E-state index contributed by atoms with van der Waals surface area (Å²) in [6.45, 7) is 8.90. The summed E-state index contributed by atoms with van der Waals surface area (Å²) < 4.78 is 0. The SMILES string of the molecule is CC(C)N(CCC#N)C(=O)CN1CCCNCC1. The monoisotopic (exact) mass is 252 g/mol. The molecule has 0 aromatic carbocycles. The predicted octanol–water partition coefficient (Wildman–Crippen LogP) is 0.432. The number of nitriles is 1. The third-order valence-corrected chi connectivity index (χ3v) is 3.20. The molecule has 18 heavy (non-hydrogen) atoms. The highest BCUT2D eigenvalue weighted by Gasteiger charge is 2.19. The molecule has 0 aliphatic carbocycles. The van der Waals surface area contributed by atoms with Crippen LogP contribution in [0.3, 0.4) is 0 Å². The average Bonchev–Trinajstić information content (AvgIpc) is 2.57. The van der Waals surface area contributed by atoms with Crippen LogP contribution in [0.15, 0.2) is 0 Å². The van der Waals surface area contributed by atoms with Crippen LogP contribution in [0.2, 0.25) is 0 Å². The minimum absolute atomic E-state index is 0.141. The molecule has 102 valence electrons. The molecule has 0 aromatic rings. The van der Waals surface area contributed by atoms with E-state index in [1.54, 1.807) is 0 Å². The van der Waals surface area contributed by atoms with Crippen molar-refractivity contribution in [3.05, 3.63) is 0 Å². The van der Waals surface area contributed by atoms with Gasteiger partial charge in [0.1, 0.15) is 0 Å². The second-order valence-corrected chi connectivity index (χ2v) is 4.97. The minimum atomic E-state index is 0.141. The van der Waals surface area contributed by atoms with Gasteiger partial charge in [-0.1, -0.05) is 0 Å². The predicted molar refractivity (Wildman–Crippen MR) is 71.0 cm³/mol. The number of rotatable bonds is 5. The Morgan fingerprint density at radius 1 is 1.44 bits per heavy atom. The standard InChI is InChI=1S/C13H24N4O/c1-12(2)17(9-3-5-14)13(18)11-16-8-4-6-15-7-10-16/h12,15H,3-4,6-11H2,1-2H3. The Bertz CT molecular complexity index is 290. The number of nitrogens with zero attached hydrogens (tertiary/aromatic N) is 3. The number of nitrogens with one attached hydrogen (secondary N) is 1. The van der Waals surface area contributed by atoms with E-state index in [4.69, 9.17) is 5.26 Å². The summed E-state index contributed by atoms with van der Waals surface area (Å²) in [5.74, 6) is 0.141. The summed E-state index contributed by atoms with van der Waals surface area (Å²) in [4.78, 5) is 16.2. The van der Waals surface area contributed by atoms with E-state index in [2.05, 4.69) is 16.3 Å². The lowest BCUT2D eigenvalue weighted by Crippen LogP contribution is -2.44. The van der Waals surface area contributed by atoms with Crippen molar-refractivity contribution in [1.29, 1.82) is 5.26 Å². The first-order valence-electron chi connectivity index (χ1n) is 6.74. The van der Waals surface area contributed by atoms with Crippen LogP contribution in [-0.2, 0) is 4.79 Å². The van der Waals surface area contributed by atoms with Crippen molar-refractivity contribution in [3.8, 4) is 6.07 Å². The Morgan fingerprint density at radius 3 is 2.89 bits per heavy atom. The Labute approximate surface area is 110 Å². The van der Waals surface area contributed by atoms with E-state index in [1.807, 2.05) is 18.7 Å². The van der Waals surface area contributed by atoms with Gasteiger partial charge in [-0.05, 0) is 33.4 Å². The van der Waals surface area contributed by atoms with Gasteiger partial charge in [0.15, 0.2) is 0 Å². The van der Waals surface area contributed by atoms with E-state index in [0.29, 0.717) is 19.5 Å². The van der Waals surface area contributed by atoms with Crippen LogP contribution in [0.25, 0.3) is 0 Å². The summed E-state index contributed by atoms with van der Waals surface area (Å²) in [6, 6.07) is 2.27. The molecule has 0 spiro atoms. The molecule has 0 aromatic heterocycles. The van der Waals surface area contributed by atoms with Crippen LogP contribution in [0.5, 0.6) is 0 Å². The Morgan fingerprint density at radius 2 is 2.22 bits per heavy atom. The van der Waals surface area contributed by atoms with Crippen LogP contribution in [0, 0.1) is 11.3 Å². The molecule has 0 bridgehead atoms. The normalized spacial score (nSPS) is 17.2. The zero-order chi connectivity index (χ0) is 13.4. The molecule has 1 amide bonds. The summed E-state index contributed by atoms with van der Waals surface area (Å²) in [7, 11) is 0. The van der Waals surface area contributed by atoms with Crippen LogP contribution < -0.4 is 5.32 Å². The molecule has 0 saturated carbocycles. The maximum absolute atomic E-state index is 12.2. The molecule has 1 rings (SSSR count). The summed E-state index contributed by atoms with van der Waals surface area (Å²) in [5, 5.41) is 12.0. The molecule has 1 saturated heterocycles. The molecule has 1 heterocycles. The molecule has 0 unspecified atom stereocenters. The van der Waals surface area contributed by atoms with Gasteiger partial charge in [0.05, 0.1) is 19.0 Å². The quantitative estimate of drug-likeness (QED) is 0.771. The molecule has 1 N–H and O–H groups in total. The van der Waals surface area contributed by atoms with Crippen molar-refractivity contribution in [2.45, 2.75) is 32.7 Å². The molecule has 1 aliphatic rings. The number of hydrogen-bond acceptors (Lipinski definition) is 4. The summed E-state index contributed by atoms with van der Waals surface area (Å²) in [5.41, 5.74) is 0. The summed E-state index contributed by atoms with van der Waals surface area (Å²) in [6.07, 6.45) is 1.50. The van der Waals surface area contributed by atoms with Gasteiger partial charge in [0, 0.05) is 25.7 Å². The van der Waals surface area contributed by atoms with E-state index >= 15 is 0 Å². The second kappa shape index (κ2) is 8.06. The van der Waals surface area contributed by atoms with Gasteiger partial charge in [0.2, 0.25) is 5.91 Å². The van der Waals surface area contributed by atoms with Crippen molar-refractivity contribution in [2.24, 2.45) is 0 Å². The van der Waals surface area contributed by atoms with Crippen LogP contribution in [0.4, 0.5) is 0 Å². The number of carbonyl (C=O) groups is 1. The van der Waals surface area contributed by atoms with Crippen molar-refractivity contribution < 1.29 is 4.79 Å². The van der Waals surface area contributed by atoms with Gasteiger partial charge >= 0.3 is 0 Å². The zero-order valence-corrected chi connectivity index (χ0v) is 11.5. The van der Waals surface area contributed by atoms with Crippen LogP contribution >= 0.6 is 0 Å². The van der Waals surface area contributed by atoms with Crippen molar-refractivity contribution in [3.63, 3.8) is 0 Å². The second-order valence-electron chi connectivity index (χ2n) is 4.97. The van der Waals surface area contributed by atoms with Gasteiger partial charge in [-0.25, -0.2) is 0 Å². The van der Waals surface area contributed by atoms with Crippen molar-refractivity contribution in [2.75, 3.05) is 39.3 Å². The third kappa shape index (κ3) is 5.03. The first-order valence-corrected chi connectivity index (χ1v) is 6.74. The fourth-order valence-electron chi connectivity index (χ4n) is 2.18. The average molecular weight is 252 g/mol. The smallest absolute Gasteiger partial charge is 0.237 e. The van der Waals surface area contributed by atoms with Crippen LogP contribution in [-0.4, -0.2) is 61.0 Å². The maximum atomic E-state index is 12.2. The highest BCUT2D eigenvalue weighted by atomic mass is 16.2. The number of carbonyl (C=O) groups excluding carboxylic acids is 1. The highest BCUT2D eigenvalue weighted by molar-refractivity contribution is 5.78. The molecular weight excluding hydrogens is 228 g/mol. The van der Waals surface area contributed by atoms with E-state index in [-0.39, 0.29) is 11.9 Å². The molecule has 1 fully saturated rings. The van der Waals surface area contributed by atoms with E-state index in [0.717, 1.165) is 32.6 Å². The first kappa shape index (κ1) is 14.9. The third-order valence-electron chi connectivity index (χ3n) is 3.20. The Balaban J connectivity index is 2.46. The summed E-state index contributed by atoms with van der Waals surface area (Å²) >= 11 is 0. The lowest BCUT2D eigenvalue weighted by atomic mass is 10.2. The zero-order valence-electron chi connectivity index (χ0n) is 11.5. The van der Waals surface area contributed by atoms with Crippen LogP contribution in [0.1, 0.15) is 26.7 Å². The van der Waals surface area contributed by atoms with E-state index in [9.17, 15) is 4.79 Å². The fourth-order valence-corrected chi connectivity index (χ4v) is 2.18. The lowest BCUT2D eigenvalue weighted by Gasteiger charge is -2.29. The number of amides is 1. The van der Waals surface area contributed by atoms with E-state index in [1.165, 1.54) is 0 Å². The largest absolute Gasteiger partial charge is 0.338 e. The van der Waals surface area contributed by atoms with Crippen molar-refractivity contribution >= 4 is 5.91 Å². The van der Waals surface area contributed by atoms with Gasteiger partial charge < -0.3 is 10.2 Å². The molecular formula is C13H24N4O. The molecule has 0 radical (unpaired) electrons. The topological polar surface area (TPSA) is 59.4 Å². The molecule has 5 heteroatoms. The number of hydrogen-bond donors (Lipinski definition) is 1. The van der Waals surface area contributed by atoms with Gasteiger partial charge in [-0.2, -0.15) is 5.26 Å². The first-order chi connectivity index (χ1) is 8.65. The lowest BCUT2D eigenvalue weighted by molar-refractivity contribution is -0.134. The van der Waals surface area contributed by atoms with Gasteiger partial charge in [0.25, 0.3) is 0 Å². The fraction of sp³-hybridized carbons (Fsp3) is 0.846. The Kier molecular flexibility index (Phi) is 6.69. The van der Waals surface area contributed by atoms with Gasteiger partial charge in [-0.15, -0.1) is 0 Å². The van der Waals surface area contributed by atoms with E-state index < -0.39 is 0 Å². The highest BCUT2D eigenvalue weighted by Crippen LogP contribution is 2.03. The van der Waals surface area contributed by atoms with Gasteiger partial charge in [-0.3, -0.25) is 9.69 Å². The molecule has 5 nitrogen and oxygen atoms in total. The maximum Gasteiger partial charge on any atom is 0.237 e. The minimum Gasteiger partial charge on any atom is -0.338 e. The molecule has 1 aliphatic heterocycles.